The molecule has 0 aromatic heterocycles. The quantitative estimate of drug-likeness (QED) is 0.644. The van der Waals surface area contributed by atoms with Crippen LogP contribution in [0.5, 0.6) is 5.75 Å². The molecule has 1 heterocycles. The van der Waals surface area contributed by atoms with Gasteiger partial charge in [-0.2, -0.15) is 0 Å². The highest BCUT2D eigenvalue weighted by Crippen LogP contribution is 2.43. The summed E-state index contributed by atoms with van der Waals surface area (Å²) in [6.07, 6.45) is 9.18. The minimum Gasteiger partial charge on any atom is -0.484 e. The summed E-state index contributed by atoms with van der Waals surface area (Å²) in [6.45, 7) is 0.878. The standard InChI is InChI=1S/C20H29NO2S2/c22-19(21-12-3-7-16-5-1-2-6-16)15-23-18-10-8-17(9-11-18)20-24-13-4-14-25-20/h8-11,16,20H,1-7,12-15H2,(H,21,22). The van der Waals surface area contributed by atoms with Crippen LogP contribution in [0, 0.1) is 5.92 Å². The van der Waals surface area contributed by atoms with Crippen molar-refractivity contribution in [2.45, 2.75) is 49.5 Å². The van der Waals surface area contributed by atoms with Crippen LogP contribution in [0.3, 0.4) is 0 Å². The number of hydrogen-bond donors (Lipinski definition) is 1. The van der Waals surface area contributed by atoms with Crippen molar-refractivity contribution in [2.24, 2.45) is 5.92 Å². The zero-order chi connectivity index (χ0) is 17.3. The third kappa shape index (κ3) is 6.45. The SMILES string of the molecule is O=C(COc1ccc(C2SCCCS2)cc1)NCCCC1CCCC1. The van der Waals surface area contributed by atoms with Crippen LogP contribution in [0.2, 0.25) is 0 Å². The van der Waals surface area contributed by atoms with E-state index in [9.17, 15) is 4.79 Å². The summed E-state index contributed by atoms with van der Waals surface area (Å²) in [5.41, 5.74) is 1.35. The van der Waals surface area contributed by atoms with Crippen LogP contribution >= 0.6 is 23.5 Å². The first-order valence-electron chi connectivity index (χ1n) is 9.54. The van der Waals surface area contributed by atoms with Crippen LogP contribution in [0.25, 0.3) is 0 Å². The molecular weight excluding hydrogens is 350 g/mol. The molecule has 2 aliphatic rings. The molecular formula is C20H29NO2S2. The van der Waals surface area contributed by atoms with Gasteiger partial charge in [0, 0.05) is 6.54 Å². The maximum absolute atomic E-state index is 11.9. The van der Waals surface area contributed by atoms with Crippen LogP contribution in [-0.2, 0) is 4.79 Å². The van der Waals surface area contributed by atoms with Crippen molar-refractivity contribution in [3.05, 3.63) is 29.8 Å². The minimum atomic E-state index is -0.0195. The summed E-state index contributed by atoms with van der Waals surface area (Å²) >= 11 is 4.04. The van der Waals surface area contributed by atoms with Gasteiger partial charge in [0.25, 0.3) is 5.91 Å². The molecule has 3 nitrogen and oxygen atoms in total. The summed E-state index contributed by atoms with van der Waals surface area (Å²) < 4.78 is 6.16. The van der Waals surface area contributed by atoms with Gasteiger partial charge in [0.2, 0.25) is 0 Å². The first-order chi connectivity index (χ1) is 12.3. The van der Waals surface area contributed by atoms with E-state index in [-0.39, 0.29) is 12.5 Å². The lowest BCUT2D eigenvalue weighted by molar-refractivity contribution is -0.123. The molecule has 5 heteroatoms. The van der Waals surface area contributed by atoms with Gasteiger partial charge < -0.3 is 10.1 Å². The van der Waals surface area contributed by atoms with Gasteiger partial charge in [0.05, 0.1) is 4.58 Å². The molecule has 1 N–H and O–H groups in total. The summed E-state index contributed by atoms with van der Waals surface area (Å²) in [5.74, 6) is 4.14. The highest BCUT2D eigenvalue weighted by Gasteiger charge is 2.16. The maximum atomic E-state index is 11.9. The van der Waals surface area contributed by atoms with E-state index in [2.05, 4.69) is 17.4 Å². The monoisotopic (exact) mass is 379 g/mol. The molecule has 1 saturated carbocycles. The maximum Gasteiger partial charge on any atom is 0.257 e. The average Bonchev–Trinajstić information content (AvgIpc) is 3.18. The van der Waals surface area contributed by atoms with E-state index >= 15 is 0 Å². The van der Waals surface area contributed by atoms with Crippen LogP contribution in [0.4, 0.5) is 0 Å². The summed E-state index contributed by atoms with van der Waals surface area (Å²) in [5, 5.41) is 2.97. The normalized spacial score (nSPS) is 19.0. The van der Waals surface area contributed by atoms with E-state index in [1.54, 1.807) is 0 Å². The Kier molecular flexibility index (Phi) is 7.86. The number of rotatable bonds is 8. The lowest BCUT2D eigenvalue weighted by Crippen LogP contribution is -2.29. The van der Waals surface area contributed by atoms with Gasteiger partial charge in [0.1, 0.15) is 5.75 Å². The predicted molar refractivity (Wildman–Crippen MR) is 108 cm³/mol. The van der Waals surface area contributed by atoms with Gasteiger partial charge in [-0.15, -0.1) is 23.5 Å². The molecule has 0 bridgehead atoms. The lowest BCUT2D eigenvalue weighted by Gasteiger charge is -2.21. The van der Waals surface area contributed by atoms with Crippen molar-refractivity contribution in [3.8, 4) is 5.75 Å². The molecule has 0 spiro atoms. The number of carbonyl (C=O) groups excluding carboxylic acids is 1. The first-order valence-corrected chi connectivity index (χ1v) is 11.6. The molecule has 138 valence electrons. The molecule has 0 radical (unpaired) electrons. The van der Waals surface area contributed by atoms with E-state index in [0.29, 0.717) is 4.58 Å². The molecule has 1 amide bonds. The number of hydrogen-bond acceptors (Lipinski definition) is 4. The molecule has 2 fully saturated rings. The molecule has 1 aliphatic heterocycles. The van der Waals surface area contributed by atoms with Crippen molar-refractivity contribution < 1.29 is 9.53 Å². The molecule has 1 aromatic rings. The first kappa shape index (κ1) is 19.0. The molecule has 0 atom stereocenters. The third-order valence-electron chi connectivity index (χ3n) is 4.94. The highest BCUT2D eigenvalue weighted by atomic mass is 32.2. The fraction of sp³-hybridized carbons (Fsp3) is 0.650. The Labute approximate surface area is 160 Å². The number of nitrogens with one attached hydrogen (secondary N) is 1. The smallest absolute Gasteiger partial charge is 0.257 e. The van der Waals surface area contributed by atoms with E-state index in [4.69, 9.17) is 4.74 Å². The molecule has 1 saturated heterocycles. The number of amides is 1. The lowest BCUT2D eigenvalue weighted by atomic mass is 10.0. The fourth-order valence-electron chi connectivity index (χ4n) is 3.52. The van der Waals surface area contributed by atoms with Gasteiger partial charge in [-0.25, -0.2) is 0 Å². The summed E-state index contributed by atoms with van der Waals surface area (Å²) in [6, 6.07) is 8.23. The van der Waals surface area contributed by atoms with Crippen molar-refractivity contribution in [1.29, 1.82) is 0 Å². The topological polar surface area (TPSA) is 38.3 Å². The summed E-state index contributed by atoms with van der Waals surface area (Å²) in [7, 11) is 0. The number of carbonyl (C=O) groups is 1. The van der Waals surface area contributed by atoms with Crippen LogP contribution < -0.4 is 10.1 Å². The second-order valence-corrected chi connectivity index (χ2v) is 9.65. The predicted octanol–water partition coefficient (Wildman–Crippen LogP) is 5.02. The van der Waals surface area contributed by atoms with E-state index in [0.717, 1.165) is 24.6 Å². The zero-order valence-electron chi connectivity index (χ0n) is 14.9. The van der Waals surface area contributed by atoms with Gasteiger partial charge >= 0.3 is 0 Å². The number of ether oxygens (including phenoxy) is 1. The van der Waals surface area contributed by atoms with Crippen molar-refractivity contribution in [1.82, 2.24) is 5.32 Å². The summed E-state index contributed by atoms with van der Waals surface area (Å²) in [4.78, 5) is 11.9. The minimum absolute atomic E-state index is 0.0195. The van der Waals surface area contributed by atoms with Gasteiger partial charge in [-0.05, 0) is 54.4 Å². The van der Waals surface area contributed by atoms with E-state index in [1.807, 2.05) is 35.7 Å². The highest BCUT2D eigenvalue weighted by molar-refractivity contribution is 8.16. The Balaban J connectivity index is 1.31. The second kappa shape index (κ2) is 10.4. The Bertz CT molecular complexity index is 523. The molecule has 25 heavy (non-hydrogen) atoms. The van der Waals surface area contributed by atoms with E-state index in [1.165, 1.54) is 55.6 Å². The second-order valence-electron chi connectivity index (χ2n) is 6.93. The van der Waals surface area contributed by atoms with E-state index < -0.39 is 0 Å². The molecule has 1 aromatic carbocycles. The Morgan fingerprint density at radius 1 is 1.08 bits per heavy atom. The molecule has 3 rings (SSSR count). The van der Waals surface area contributed by atoms with Crippen molar-refractivity contribution >= 4 is 29.4 Å². The number of thioether (sulfide) groups is 2. The van der Waals surface area contributed by atoms with Crippen molar-refractivity contribution in [3.63, 3.8) is 0 Å². The van der Waals surface area contributed by atoms with Gasteiger partial charge in [0.15, 0.2) is 6.61 Å². The molecule has 1 aliphatic carbocycles. The fourth-order valence-corrected chi connectivity index (χ4v) is 6.41. The van der Waals surface area contributed by atoms with Gasteiger partial charge in [-0.3, -0.25) is 4.79 Å². The Morgan fingerprint density at radius 3 is 2.52 bits per heavy atom. The van der Waals surface area contributed by atoms with Crippen LogP contribution in [0.15, 0.2) is 24.3 Å². The Hall–Kier alpha value is -0.810. The average molecular weight is 380 g/mol. The Morgan fingerprint density at radius 2 is 1.80 bits per heavy atom. The van der Waals surface area contributed by atoms with Crippen molar-refractivity contribution in [2.75, 3.05) is 24.7 Å². The van der Waals surface area contributed by atoms with Crippen LogP contribution in [-0.4, -0.2) is 30.6 Å². The molecule has 0 unspecified atom stereocenters. The largest absolute Gasteiger partial charge is 0.484 e. The zero-order valence-corrected chi connectivity index (χ0v) is 16.5. The van der Waals surface area contributed by atoms with Gasteiger partial charge in [-0.1, -0.05) is 37.8 Å². The number of benzene rings is 1. The van der Waals surface area contributed by atoms with Crippen LogP contribution in [0.1, 0.15) is 55.1 Å². The third-order valence-corrected chi connectivity index (χ3v) is 7.95.